The Labute approximate surface area is 136 Å². The van der Waals surface area contributed by atoms with Crippen LogP contribution in [0.5, 0.6) is 0 Å². The molecule has 22 heavy (non-hydrogen) atoms. The molecular formula is C16H14BrFN2O2. The lowest BCUT2D eigenvalue weighted by Crippen LogP contribution is -2.17. The Morgan fingerprint density at radius 1 is 1.36 bits per heavy atom. The normalized spacial score (nSPS) is 10.7. The van der Waals surface area contributed by atoms with E-state index in [-0.39, 0.29) is 12.4 Å². The number of nitrogens with one attached hydrogen (secondary N) is 1. The molecule has 4 nitrogen and oxygen atoms in total. The summed E-state index contributed by atoms with van der Waals surface area (Å²) >= 11 is 3.37. The third kappa shape index (κ3) is 4.66. The molecule has 2 aromatic rings. The molecule has 6 heteroatoms. The zero-order valence-electron chi connectivity index (χ0n) is 11.8. The third-order valence-corrected chi connectivity index (χ3v) is 3.54. The smallest absolute Gasteiger partial charge is 0.265 e. The van der Waals surface area contributed by atoms with Gasteiger partial charge in [-0.3, -0.25) is 4.79 Å². The van der Waals surface area contributed by atoms with Crippen molar-refractivity contribution in [2.45, 2.75) is 6.92 Å². The van der Waals surface area contributed by atoms with Gasteiger partial charge < -0.3 is 10.2 Å². The summed E-state index contributed by atoms with van der Waals surface area (Å²) in [6.07, 6.45) is 1.50. The Morgan fingerprint density at radius 3 is 2.86 bits per heavy atom. The van der Waals surface area contributed by atoms with Crippen LogP contribution < -0.4 is 5.32 Å². The minimum Gasteiger partial charge on any atom is -0.386 e. The number of carbonyl (C=O) groups excluding carboxylic acids is 1. The predicted octanol–water partition coefficient (Wildman–Crippen LogP) is 3.89. The molecule has 0 atom stereocenters. The molecule has 0 bridgehead atoms. The van der Waals surface area contributed by atoms with E-state index in [0.717, 1.165) is 10.0 Å². The van der Waals surface area contributed by atoms with Gasteiger partial charge in [-0.15, -0.1) is 0 Å². The van der Waals surface area contributed by atoms with Gasteiger partial charge in [0.05, 0.1) is 6.21 Å². The Bertz CT molecular complexity index is 704. The molecule has 2 aromatic carbocycles. The average molecular weight is 365 g/mol. The van der Waals surface area contributed by atoms with Gasteiger partial charge in [0.25, 0.3) is 5.91 Å². The first-order valence-electron chi connectivity index (χ1n) is 6.52. The van der Waals surface area contributed by atoms with Crippen molar-refractivity contribution in [2.24, 2.45) is 5.16 Å². The highest BCUT2D eigenvalue weighted by molar-refractivity contribution is 9.10. The quantitative estimate of drug-likeness (QED) is 0.646. The summed E-state index contributed by atoms with van der Waals surface area (Å²) in [6, 6.07) is 12.0. The monoisotopic (exact) mass is 364 g/mol. The first kappa shape index (κ1) is 16.2. The SMILES string of the molecule is Cc1ccc(NC(=O)CO/N=C\c2ccccc2Br)cc1F. The maximum Gasteiger partial charge on any atom is 0.265 e. The summed E-state index contributed by atoms with van der Waals surface area (Å²) in [5.74, 6) is -0.779. The summed E-state index contributed by atoms with van der Waals surface area (Å²) < 4.78 is 14.2. The number of anilines is 1. The van der Waals surface area contributed by atoms with Crippen molar-refractivity contribution in [3.63, 3.8) is 0 Å². The van der Waals surface area contributed by atoms with E-state index < -0.39 is 5.91 Å². The number of hydrogen-bond donors (Lipinski definition) is 1. The molecule has 114 valence electrons. The van der Waals surface area contributed by atoms with Crippen molar-refractivity contribution in [3.8, 4) is 0 Å². The second kappa shape index (κ2) is 7.70. The van der Waals surface area contributed by atoms with Gasteiger partial charge in [0.1, 0.15) is 5.82 Å². The number of oxime groups is 1. The van der Waals surface area contributed by atoms with E-state index in [4.69, 9.17) is 4.84 Å². The second-order valence-electron chi connectivity index (χ2n) is 4.54. The molecule has 0 spiro atoms. The van der Waals surface area contributed by atoms with Crippen LogP contribution in [0, 0.1) is 12.7 Å². The molecule has 0 aliphatic rings. The van der Waals surface area contributed by atoms with Crippen molar-refractivity contribution >= 4 is 33.7 Å². The molecule has 0 aliphatic heterocycles. The topological polar surface area (TPSA) is 50.7 Å². The highest BCUT2D eigenvalue weighted by Gasteiger charge is 2.05. The van der Waals surface area contributed by atoms with Crippen LogP contribution in [0.15, 0.2) is 52.1 Å². The van der Waals surface area contributed by atoms with E-state index >= 15 is 0 Å². The van der Waals surface area contributed by atoms with Crippen LogP contribution in [0.1, 0.15) is 11.1 Å². The Balaban J connectivity index is 1.83. The Morgan fingerprint density at radius 2 is 2.14 bits per heavy atom. The largest absolute Gasteiger partial charge is 0.386 e. The van der Waals surface area contributed by atoms with Gasteiger partial charge in [0, 0.05) is 15.7 Å². The van der Waals surface area contributed by atoms with Crippen LogP contribution in [0.3, 0.4) is 0 Å². The van der Waals surface area contributed by atoms with Crippen LogP contribution >= 0.6 is 15.9 Å². The maximum atomic E-state index is 13.4. The molecule has 1 amide bonds. The second-order valence-corrected chi connectivity index (χ2v) is 5.40. The molecule has 0 aliphatic carbocycles. The summed E-state index contributed by atoms with van der Waals surface area (Å²) in [7, 11) is 0. The minimum absolute atomic E-state index is 0.254. The molecule has 1 N–H and O–H groups in total. The highest BCUT2D eigenvalue weighted by atomic mass is 79.9. The lowest BCUT2D eigenvalue weighted by molar-refractivity contribution is -0.120. The zero-order valence-corrected chi connectivity index (χ0v) is 13.4. The van der Waals surface area contributed by atoms with Crippen LogP contribution in [0.25, 0.3) is 0 Å². The third-order valence-electron chi connectivity index (χ3n) is 2.82. The lowest BCUT2D eigenvalue weighted by Gasteiger charge is -2.05. The molecule has 0 saturated carbocycles. The van der Waals surface area contributed by atoms with E-state index in [1.54, 1.807) is 19.1 Å². The van der Waals surface area contributed by atoms with Gasteiger partial charge in [-0.1, -0.05) is 45.4 Å². The van der Waals surface area contributed by atoms with Crippen LogP contribution in [0.4, 0.5) is 10.1 Å². The number of carbonyl (C=O) groups is 1. The molecule has 0 heterocycles. The van der Waals surface area contributed by atoms with Crippen molar-refractivity contribution in [1.29, 1.82) is 0 Å². The molecule has 0 radical (unpaired) electrons. The summed E-state index contributed by atoms with van der Waals surface area (Å²) in [5, 5.41) is 6.26. The van der Waals surface area contributed by atoms with E-state index in [9.17, 15) is 9.18 Å². The summed E-state index contributed by atoms with van der Waals surface area (Å²) in [5.41, 5.74) is 1.74. The van der Waals surface area contributed by atoms with Gasteiger partial charge in [0.15, 0.2) is 6.61 Å². The summed E-state index contributed by atoms with van der Waals surface area (Å²) in [6.45, 7) is 1.40. The minimum atomic E-state index is -0.410. The van der Waals surface area contributed by atoms with Crippen molar-refractivity contribution in [2.75, 3.05) is 11.9 Å². The van der Waals surface area contributed by atoms with Crippen molar-refractivity contribution in [3.05, 3.63) is 63.9 Å². The fourth-order valence-electron chi connectivity index (χ4n) is 1.64. The van der Waals surface area contributed by atoms with Crippen molar-refractivity contribution in [1.82, 2.24) is 0 Å². The fraction of sp³-hybridized carbons (Fsp3) is 0.125. The first-order chi connectivity index (χ1) is 10.6. The summed E-state index contributed by atoms with van der Waals surface area (Å²) in [4.78, 5) is 16.6. The zero-order chi connectivity index (χ0) is 15.9. The van der Waals surface area contributed by atoms with E-state index in [0.29, 0.717) is 11.3 Å². The molecule has 0 unspecified atom stereocenters. The van der Waals surface area contributed by atoms with Gasteiger partial charge in [0.2, 0.25) is 0 Å². The van der Waals surface area contributed by atoms with Gasteiger partial charge >= 0.3 is 0 Å². The van der Waals surface area contributed by atoms with E-state index in [2.05, 4.69) is 26.4 Å². The van der Waals surface area contributed by atoms with Gasteiger partial charge in [-0.2, -0.15) is 0 Å². The standard InChI is InChI=1S/C16H14BrFN2O2/c1-11-6-7-13(8-15(11)18)20-16(21)10-22-19-9-12-4-2-3-5-14(12)17/h2-9H,10H2,1H3,(H,20,21)/b19-9-. The highest BCUT2D eigenvalue weighted by Crippen LogP contribution is 2.14. The molecule has 2 rings (SSSR count). The Kier molecular flexibility index (Phi) is 5.66. The van der Waals surface area contributed by atoms with Crippen molar-refractivity contribution < 1.29 is 14.0 Å². The van der Waals surface area contributed by atoms with Crippen LogP contribution in [0.2, 0.25) is 0 Å². The molecule has 0 saturated heterocycles. The maximum absolute atomic E-state index is 13.4. The van der Waals surface area contributed by atoms with Crippen LogP contribution in [-0.4, -0.2) is 18.7 Å². The predicted molar refractivity (Wildman–Crippen MR) is 87.5 cm³/mol. The number of amides is 1. The number of rotatable bonds is 5. The molecule has 0 fully saturated rings. The lowest BCUT2D eigenvalue weighted by atomic mass is 10.2. The number of nitrogens with zero attached hydrogens (tertiary/aromatic N) is 1. The number of aryl methyl sites for hydroxylation is 1. The fourth-order valence-corrected chi connectivity index (χ4v) is 2.02. The van der Waals surface area contributed by atoms with Gasteiger partial charge in [-0.25, -0.2) is 4.39 Å². The average Bonchev–Trinajstić information content (AvgIpc) is 2.49. The first-order valence-corrected chi connectivity index (χ1v) is 7.31. The molecular weight excluding hydrogens is 351 g/mol. The van der Waals surface area contributed by atoms with Crippen LogP contribution in [-0.2, 0) is 9.63 Å². The number of hydrogen-bond acceptors (Lipinski definition) is 3. The van der Waals surface area contributed by atoms with E-state index in [1.807, 2.05) is 24.3 Å². The number of halogens is 2. The van der Waals surface area contributed by atoms with Gasteiger partial charge in [-0.05, 0) is 30.7 Å². The number of benzene rings is 2. The van der Waals surface area contributed by atoms with E-state index in [1.165, 1.54) is 12.3 Å². The Hall–Kier alpha value is -2.21. The molecule has 0 aromatic heterocycles.